The van der Waals surface area contributed by atoms with E-state index in [-0.39, 0.29) is 23.6 Å². The zero-order valence-electron chi connectivity index (χ0n) is 16.8. The summed E-state index contributed by atoms with van der Waals surface area (Å²) in [5.41, 5.74) is 2.05. The number of benzene rings is 3. The highest BCUT2D eigenvalue weighted by atomic mass is 16.5. The van der Waals surface area contributed by atoms with E-state index >= 15 is 0 Å². The van der Waals surface area contributed by atoms with Gasteiger partial charge in [-0.1, -0.05) is 49.0 Å². The second kappa shape index (κ2) is 9.49. The van der Waals surface area contributed by atoms with E-state index in [0.29, 0.717) is 22.4 Å². The molecule has 3 aromatic carbocycles. The summed E-state index contributed by atoms with van der Waals surface area (Å²) in [5.74, 6) is -1.73. The highest BCUT2D eigenvalue weighted by Gasteiger charge is 2.19. The van der Waals surface area contributed by atoms with Gasteiger partial charge in [0.2, 0.25) is 0 Å². The fraction of sp³-hybridized carbons (Fsp3) is 0.0833. The molecule has 0 amide bonds. The van der Waals surface area contributed by atoms with Crippen molar-refractivity contribution in [2.75, 3.05) is 0 Å². The van der Waals surface area contributed by atoms with Crippen molar-refractivity contribution >= 4 is 23.1 Å². The molecule has 31 heavy (non-hydrogen) atoms. The molecule has 0 aliphatic heterocycles. The van der Waals surface area contributed by atoms with Gasteiger partial charge in [-0.15, -0.1) is 5.11 Å². The van der Waals surface area contributed by atoms with E-state index in [4.69, 9.17) is 4.74 Å². The lowest BCUT2D eigenvalue weighted by Crippen LogP contribution is -2.01. The van der Waals surface area contributed by atoms with Gasteiger partial charge in [0.05, 0.1) is 11.3 Å². The summed E-state index contributed by atoms with van der Waals surface area (Å²) in [5, 5.41) is 28.8. The number of nitrogens with zero attached hydrogens (tertiary/aromatic N) is 2. The number of carbonyl (C=O) groups excluding carboxylic acids is 2. The first-order valence-corrected chi connectivity index (χ1v) is 9.36. The molecule has 0 aromatic heterocycles. The van der Waals surface area contributed by atoms with E-state index in [2.05, 4.69) is 16.8 Å². The third-order valence-corrected chi connectivity index (χ3v) is 4.62. The predicted octanol–water partition coefficient (Wildman–Crippen LogP) is 5.28. The standard InChI is InChI=1S/C24H20N2O5/c1-3-21(28)31-14-17-10-7-11-19(15(17)2)25-26-22-20(27)13-12-18(24(22)30)23(29)16-8-5-4-6-9-16/h3-13,27,30H,1,14H2,2H3. The average Bonchev–Trinajstić information content (AvgIpc) is 2.79. The van der Waals surface area contributed by atoms with Crippen LogP contribution in [-0.2, 0) is 16.1 Å². The predicted molar refractivity (Wildman–Crippen MR) is 115 cm³/mol. The minimum atomic E-state index is -0.541. The quantitative estimate of drug-likeness (QED) is 0.236. The molecule has 3 rings (SSSR count). The molecule has 0 unspecified atom stereocenters. The summed E-state index contributed by atoms with van der Waals surface area (Å²) < 4.78 is 5.05. The minimum absolute atomic E-state index is 0.000222. The molecule has 7 nitrogen and oxygen atoms in total. The second-order valence-corrected chi connectivity index (χ2v) is 6.60. The lowest BCUT2D eigenvalue weighted by atomic mass is 10.0. The van der Waals surface area contributed by atoms with Crippen LogP contribution in [0.3, 0.4) is 0 Å². The van der Waals surface area contributed by atoms with Crippen molar-refractivity contribution in [1.82, 2.24) is 0 Å². The molecule has 156 valence electrons. The van der Waals surface area contributed by atoms with Crippen molar-refractivity contribution in [3.05, 3.63) is 95.6 Å². The molecule has 0 heterocycles. The van der Waals surface area contributed by atoms with Gasteiger partial charge in [0.15, 0.2) is 17.2 Å². The number of phenolic OH excluding ortho intramolecular Hbond substituents is 2. The Kier molecular flexibility index (Phi) is 6.57. The maximum absolute atomic E-state index is 12.7. The number of ketones is 1. The number of carbonyl (C=O) groups is 2. The summed E-state index contributed by atoms with van der Waals surface area (Å²) in [7, 11) is 0. The summed E-state index contributed by atoms with van der Waals surface area (Å²) in [6.07, 6.45) is 1.08. The van der Waals surface area contributed by atoms with E-state index in [1.165, 1.54) is 12.1 Å². The number of rotatable bonds is 7. The first-order valence-electron chi connectivity index (χ1n) is 9.36. The minimum Gasteiger partial charge on any atom is -0.505 e. The maximum Gasteiger partial charge on any atom is 0.330 e. The third-order valence-electron chi connectivity index (χ3n) is 4.62. The van der Waals surface area contributed by atoms with Crippen molar-refractivity contribution in [2.45, 2.75) is 13.5 Å². The zero-order chi connectivity index (χ0) is 22.4. The molecule has 0 radical (unpaired) electrons. The number of ether oxygens (including phenoxy) is 1. The summed E-state index contributed by atoms with van der Waals surface area (Å²) in [6.45, 7) is 5.17. The lowest BCUT2D eigenvalue weighted by molar-refractivity contribution is -0.138. The Morgan fingerprint density at radius 3 is 2.45 bits per heavy atom. The number of aromatic hydroxyl groups is 2. The third kappa shape index (κ3) is 4.84. The van der Waals surface area contributed by atoms with Crippen LogP contribution in [-0.4, -0.2) is 22.0 Å². The first-order chi connectivity index (χ1) is 14.9. The Labute approximate surface area is 179 Å². The Morgan fingerprint density at radius 2 is 1.74 bits per heavy atom. The number of phenols is 2. The fourth-order valence-electron chi connectivity index (χ4n) is 2.84. The molecule has 0 spiro atoms. The fourth-order valence-corrected chi connectivity index (χ4v) is 2.84. The van der Waals surface area contributed by atoms with Gasteiger partial charge in [-0.05, 0) is 36.2 Å². The zero-order valence-corrected chi connectivity index (χ0v) is 16.8. The lowest BCUT2D eigenvalue weighted by Gasteiger charge is -2.09. The van der Waals surface area contributed by atoms with Crippen molar-refractivity contribution in [2.24, 2.45) is 10.2 Å². The molecule has 3 aromatic rings. The highest BCUT2D eigenvalue weighted by Crippen LogP contribution is 2.40. The molecule has 0 saturated carbocycles. The van der Waals surface area contributed by atoms with Crippen LogP contribution in [0.25, 0.3) is 0 Å². The van der Waals surface area contributed by atoms with Crippen molar-refractivity contribution in [1.29, 1.82) is 0 Å². The molecule has 2 N–H and O–H groups in total. The van der Waals surface area contributed by atoms with Crippen molar-refractivity contribution in [3.63, 3.8) is 0 Å². The molecular formula is C24H20N2O5. The highest BCUT2D eigenvalue weighted by molar-refractivity contribution is 6.11. The van der Waals surface area contributed by atoms with Gasteiger partial charge in [0.25, 0.3) is 0 Å². The van der Waals surface area contributed by atoms with Gasteiger partial charge in [-0.2, -0.15) is 5.11 Å². The SMILES string of the molecule is C=CC(=O)OCc1cccc(N=Nc2c(O)ccc(C(=O)c3ccccc3)c2O)c1C. The van der Waals surface area contributed by atoms with E-state index in [1.54, 1.807) is 55.5 Å². The van der Waals surface area contributed by atoms with Crippen LogP contribution in [0.4, 0.5) is 11.4 Å². The second-order valence-electron chi connectivity index (χ2n) is 6.60. The van der Waals surface area contributed by atoms with Crippen LogP contribution in [0.15, 0.2) is 83.5 Å². The molecule has 0 bridgehead atoms. The van der Waals surface area contributed by atoms with Gasteiger partial charge in [-0.3, -0.25) is 4.79 Å². The molecule has 0 aliphatic rings. The van der Waals surface area contributed by atoms with Crippen LogP contribution in [0, 0.1) is 6.92 Å². The van der Waals surface area contributed by atoms with Crippen LogP contribution in [0.2, 0.25) is 0 Å². The van der Waals surface area contributed by atoms with E-state index < -0.39 is 17.5 Å². The molecular weight excluding hydrogens is 396 g/mol. The van der Waals surface area contributed by atoms with Gasteiger partial charge in [0, 0.05) is 11.6 Å². The Balaban J connectivity index is 1.92. The smallest absolute Gasteiger partial charge is 0.330 e. The van der Waals surface area contributed by atoms with Crippen LogP contribution in [0.1, 0.15) is 27.0 Å². The van der Waals surface area contributed by atoms with Gasteiger partial charge in [0.1, 0.15) is 12.4 Å². The van der Waals surface area contributed by atoms with Crippen LogP contribution >= 0.6 is 0 Å². The Morgan fingerprint density at radius 1 is 1.00 bits per heavy atom. The number of esters is 1. The van der Waals surface area contributed by atoms with Gasteiger partial charge < -0.3 is 14.9 Å². The molecule has 0 aliphatic carbocycles. The van der Waals surface area contributed by atoms with Crippen molar-refractivity contribution in [3.8, 4) is 11.5 Å². The maximum atomic E-state index is 12.7. The number of hydrogen-bond acceptors (Lipinski definition) is 7. The van der Waals surface area contributed by atoms with E-state index in [0.717, 1.165) is 6.08 Å². The first kappa shape index (κ1) is 21.4. The van der Waals surface area contributed by atoms with Crippen LogP contribution < -0.4 is 0 Å². The van der Waals surface area contributed by atoms with Crippen molar-refractivity contribution < 1.29 is 24.5 Å². The molecule has 0 saturated heterocycles. The largest absolute Gasteiger partial charge is 0.505 e. The molecule has 0 fully saturated rings. The van der Waals surface area contributed by atoms with Gasteiger partial charge in [-0.25, -0.2) is 4.79 Å². The molecule has 7 heteroatoms. The van der Waals surface area contributed by atoms with Gasteiger partial charge >= 0.3 is 5.97 Å². The normalized spacial score (nSPS) is 10.7. The number of hydrogen-bond donors (Lipinski definition) is 2. The van der Waals surface area contributed by atoms with E-state index in [9.17, 15) is 19.8 Å². The number of azo groups is 1. The summed E-state index contributed by atoms with van der Waals surface area (Å²) in [4.78, 5) is 24.0. The summed E-state index contributed by atoms with van der Waals surface area (Å²) >= 11 is 0. The average molecular weight is 416 g/mol. The summed E-state index contributed by atoms with van der Waals surface area (Å²) in [6, 6.07) is 16.3. The topological polar surface area (TPSA) is 109 Å². The van der Waals surface area contributed by atoms with E-state index in [1.807, 2.05) is 0 Å². The Hall–Kier alpha value is -4.26. The van der Waals surface area contributed by atoms with Crippen LogP contribution in [0.5, 0.6) is 11.5 Å². The monoisotopic (exact) mass is 416 g/mol. The molecule has 0 atom stereocenters. The Bertz CT molecular complexity index is 1170.